The highest BCUT2D eigenvalue weighted by molar-refractivity contribution is 6.70. The Kier molecular flexibility index (Phi) is 4.12. The zero-order chi connectivity index (χ0) is 14.1. The number of benzene rings is 1. The minimum Gasteiger partial charge on any atom is -0.547 e. The van der Waals surface area contributed by atoms with Crippen LogP contribution in [0.1, 0.15) is 31.7 Å². The van der Waals surface area contributed by atoms with Gasteiger partial charge >= 0.3 is 0 Å². The van der Waals surface area contributed by atoms with Crippen LogP contribution in [0.25, 0.3) is 0 Å². The van der Waals surface area contributed by atoms with Crippen LogP contribution in [-0.4, -0.2) is 8.32 Å². The molecular formula is C16H23ClOSi. The smallest absolute Gasteiger partial charge is 0.241 e. The third kappa shape index (κ3) is 3.24. The Hall–Kier alpha value is -0.733. The average molecular weight is 295 g/mol. The molecule has 0 saturated carbocycles. The van der Waals surface area contributed by atoms with Crippen LogP contribution in [-0.2, 0) is 9.84 Å². The third-order valence-electron chi connectivity index (χ3n) is 3.64. The van der Waals surface area contributed by atoms with Gasteiger partial charge in [0.25, 0.3) is 0 Å². The Morgan fingerprint density at radius 1 is 1.21 bits per heavy atom. The fourth-order valence-corrected chi connectivity index (χ4v) is 4.01. The minimum absolute atomic E-state index is 0.0725. The van der Waals surface area contributed by atoms with E-state index >= 15 is 0 Å². The van der Waals surface area contributed by atoms with Gasteiger partial charge in [0, 0.05) is 10.4 Å². The Morgan fingerprint density at radius 2 is 1.89 bits per heavy atom. The number of hydrogen-bond donors (Lipinski definition) is 0. The summed E-state index contributed by atoms with van der Waals surface area (Å²) in [5, 5.41) is 0.844. The molecule has 104 valence electrons. The van der Waals surface area contributed by atoms with Crippen molar-refractivity contribution in [2.75, 3.05) is 0 Å². The zero-order valence-electron chi connectivity index (χ0n) is 12.3. The monoisotopic (exact) mass is 294 g/mol. The summed E-state index contributed by atoms with van der Waals surface area (Å²) in [6.45, 7) is 8.96. The lowest BCUT2D eigenvalue weighted by Gasteiger charge is -2.39. The second kappa shape index (κ2) is 5.33. The Balaban J connectivity index is 2.42. The van der Waals surface area contributed by atoms with Crippen LogP contribution < -0.4 is 0 Å². The Morgan fingerprint density at radius 3 is 2.53 bits per heavy atom. The highest BCUT2D eigenvalue weighted by Gasteiger charge is 2.37. The van der Waals surface area contributed by atoms with Crippen molar-refractivity contribution < 1.29 is 4.43 Å². The molecule has 19 heavy (non-hydrogen) atoms. The SMILES string of the molecule is C[C@@]1(c2ccccc2Cl)CCCC=C1O[Si](C)(C)C. The van der Waals surface area contributed by atoms with Gasteiger partial charge in [-0.15, -0.1) is 0 Å². The maximum absolute atomic E-state index is 6.41. The molecule has 0 bridgehead atoms. The summed E-state index contributed by atoms with van der Waals surface area (Å²) in [5.74, 6) is 1.13. The van der Waals surface area contributed by atoms with E-state index in [1.807, 2.05) is 12.1 Å². The lowest BCUT2D eigenvalue weighted by molar-refractivity contribution is 0.287. The second-order valence-electron chi connectivity index (χ2n) is 6.49. The van der Waals surface area contributed by atoms with Gasteiger partial charge in [0.2, 0.25) is 8.32 Å². The molecule has 0 unspecified atom stereocenters. The van der Waals surface area contributed by atoms with Crippen molar-refractivity contribution in [2.24, 2.45) is 0 Å². The molecule has 1 aliphatic rings. The van der Waals surface area contributed by atoms with Crippen molar-refractivity contribution in [3.05, 3.63) is 46.7 Å². The van der Waals surface area contributed by atoms with E-state index in [2.05, 4.69) is 44.8 Å². The molecule has 0 spiro atoms. The molecule has 2 rings (SSSR count). The van der Waals surface area contributed by atoms with E-state index in [0.717, 1.165) is 23.6 Å². The van der Waals surface area contributed by atoms with Crippen LogP contribution in [0.4, 0.5) is 0 Å². The van der Waals surface area contributed by atoms with Crippen molar-refractivity contribution in [3.8, 4) is 0 Å². The summed E-state index contributed by atoms with van der Waals surface area (Å²) in [7, 11) is -1.60. The number of halogens is 1. The Labute approximate surface area is 122 Å². The van der Waals surface area contributed by atoms with Crippen LogP contribution in [0, 0.1) is 0 Å². The van der Waals surface area contributed by atoms with Gasteiger partial charge < -0.3 is 4.43 Å². The van der Waals surface area contributed by atoms with Crippen LogP contribution in [0.15, 0.2) is 36.1 Å². The van der Waals surface area contributed by atoms with Crippen LogP contribution in [0.3, 0.4) is 0 Å². The van der Waals surface area contributed by atoms with E-state index in [1.54, 1.807) is 0 Å². The fraction of sp³-hybridized carbons (Fsp3) is 0.500. The van der Waals surface area contributed by atoms with Crippen LogP contribution >= 0.6 is 11.6 Å². The Bertz CT molecular complexity index is 490. The van der Waals surface area contributed by atoms with Crippen LogP contribution in [0.5, 0.6) is 0 Å². The topological polar surface area (TPSA) is 9.23 Å². The van der Waals surface area contributed by atoms with Gasteiger partial charge in [-0.1, -0.05) is 29.8 Å². The standard InChI is InChI=1S/C16H23ClOSi/c1-16(13-9-5-6-10-14(13)17)12-8-7-11-15(16)18-19(2,3)4/h5-6,9-11H,7-8,12H2,1-4H3/t16-/m0/s1. The van der Waals surface area contributed by atoms with E-state index < -0.39 is 8.32 Å². The molecule has 0 saturated heterocycles. The predicted octanol–water partition coefficient (Wildman–Crippen LogP) is 5.52. The van der Waals surface area contributed by atoms with Crippen LogP contribution in [0.2, 0.25) is 24.7 Å². The highest BCUT2D eigenvalue weighted by Crippen LogP contribution is 2.44. The quantitative estimate of drug-likeness (QED) is 0.667. The minimum atomic E-state index is -1.60. The molecule has 0 aliphatic heterocycles. The zero-order valence-corrected chi connectivity index (χ0v) is 14.1. The van der Waals surface area contributed by atoms with Gasteiger partial charge in [0.1, 0.15) is 0 Å². The van der Waals surface area contributed by atoms with E-state index in [1.165, 1.54) is 12.0 Å². The summed E-state index contributed by atoms with van der Waals surface area (Å²) in [4.78, 5) is 0. The summed E-state index contributed by atoms with van der Waals surface area (Å²) in [6.07, 6.45) is 5.68. The molecule has 0 radical (unpaired) electrons. The third-order valence-corrected chi connectivity index (χ3v) is 4.80. The van der Waals surface area contributed by atoms with Gasteiger partial charge in [-0.05, 0) is 63.5 Å². The van der Waals surface area contributed by atoms with E-state index in [0.29, 0.717) is 0 Å². The maximum Gasteiger partial charge on any atom is 0.241 e. The van der Waals surface area contributed by atoms with Crippen molar-refractivity contribution in [1.82, 2.24) is 0 Å². The molecule has 0 amide bonds. The first-order chi connectivity index (χ1) is 8.83. The summed E-state index contributed by atoms with van der Waals surface area (Å²) in [6, 6.07) is 8.16. The molecular weight excluding hydrogens is 272 g/mol. The molecule has 1 aromatic carbocycles. The van der Waals surface area contributed by atoms with Gasteiger partial charge in [-0.2, -0.15) is 0 Å². The largest absolute Gasteiger partial charge is 0.547 e. The number of rotatable bonds is 3. The normalized spacial score (nSPS) is 23.9. The molecule has 3 heteroatoms. The van der Waals surface area contributed by atoms with Gasteiger partial charge in [0.15, 0.2) is 0 Å². The molecule has 0 N–H and O–H groups in total. The van der Waals surface area contributed by atoms with Gasteiger partial charge in [0.05, 0.1) is 5.76 Å². The molecule has 0 fully saturated rings. The molecule has 0 heterocycles. The number of allylic oxidation sites excluding steroid dienone is 2. The maximum atomic E-state index is 6.41. The first-order valence-corrected chi connectivity index (χ1v) is 10.8. The fourth-order valence-electron chi connectivity index (χ4n) is 2.70. The van der Waals surface area contributed by atoms with E-state index in [9.17, 15) is 0 Å². The van der Waals surface area contributed by atoms with Crippen molar-refractivity contribution in [3.63, 3.8) is 0 Å². The first-order valence-electron chi connectivity index (χ1n) is 6.98. The summed E-state index contributed by atoms with van der Waals surface area (Å²) >= 11 is 6.41. The van der Waals surface area contributed by atoms with Gasteiger partial charge in [-0.3, -0.25) is 0 Å². The molecule has 1 aromatic rings. The summed E-state index contributed by atoms with van der Waals surface area (Å²) in [5.41, 5.74) is 1.12. The summed E-state index contributed by atoms with van der Waals surface area (Å²) < 4.78 is 6.35. The van der Waals surface area contributed by atoms with Crippen molar-refractivity contribution in [1.29, 1.82) is 0 Å². The molecule has 0 aromatic heterocycles. The molecule has 1 nitrogen and oxygen atoms in total. The highest BCUT2D eigenvalue weighted by atomic mass is 35.5. The lowest BCUT2D eigenvalue weighted by Crippen LogP contribution is -2.35. The van der Waals surface area contributed by atoms with E-state index in [4.69, 9.17) is 16.0 Å². The number of hydrogen-bond acceptors (Lipinski definition) is 1. The predicted molar refractivity (Wildman–Crippen MR) is 85.2 cm³/mol. The van der Waals surface area contributed by atoms with E-state index in [-0.39, 0.29) is 5.41 Å². The van der Waals surface area contributed by atoms with Crippen molar-refractivity contribution in [2.45, 2.75) is 51.2 Å². The van der Waals surface area contributed by atoms with Crippen molar-refractivity contribution >= 4 is 19.9 Å². The first kappa shape index (κ1) is 14.7. The average Bonchev–Trinajstić information content (AvgIpc) is 2.31. The lowest BCUT2D eigenvalue weighted by atomic mass is 9.73. The van der Waals surface area contributed by atoms with Gasteiger partial charge in [-0.25, -0.2) is 0 Å². The second-order valence-corrected chi connectivity index (χ2v) is 11.3. The molecule has 1 atom stereocenters. The molecule has 1 aliphatic carbocycles.